The van der Waals surface area contributed by atoms with Gasteiger partial charge in [0.2, 0.25) is 0 Å². The van der Waals surface area contributed by atoms with Gasteiger partial charge >= 0.3 is 6.09 Å². The first-order chi connectivity index (χ1) is 16.7. The first-order valence-corrected chi connectivity index (χ1v) is 12.0. The van der Waals surface area contributed by atoms with Crippen LogP contribution in [-0.4, -0.2) is 40.4 Å². The van der Waals surface area contributed by atoms with E-state index in [1.54, 1.807) is 17.2 Å². The number of hydrogen-bond donors (Lipinski definition) is 0. The second-order valence-corrected chi connectivity index (χ2v) is 9.87. The van der Waals surface area contributed by atoms with Gasteiger partial charge in [0.05, 0.1) is 11.7 Å². The van der Waals surface area contributed by atoms with Crippen molar-refractivity contribution in [1.29, 1.82) is 0 Å². The Labute approximate surface area is 207 Å². The van der Waals surface area contributed by atoms with Gasteiger partial charge in [0.1, 0.15) is 35.8 Å². The van der Waals surface area contributed by atoms with E-state index in [9.17, 15) is 4.79 Å². The molecule has 2 heterocycles. The number of aromatic nitrogens is 2. The Morgan fingerprint density at radius 1 is 1.06 bits per heavy atom. The Morgan fingerprint density at radius 3 is 2.54 bits per heavy atom. The number of ether oxygens (including phenoxy) is 3. The first kappa shape index (κ1) is 24.7. The molecular weight excluding hydrogens is 442 g/mol. The van der Waals surface area contributed by atoms with Crippen LogP contribution in [0.2, 0.25) is 0 Å². The SMILES string of the molecule is C[C@H](Cc1nccc(N2C(=O)OC[C@@H]2[C@@H](C)OC(C)(C)C)n1)c1cccc(Oc2ccccc2)c1. The molecule has 1 aliphatic rings. The maximum Gasteiger partial charge on any atom is 0.416 e. The van der Waals surface area contributed by atoms with Gasteiger partial charge in [-0.05, 0) is 69.5 Å². The van der Waals surface area contributed by atoms with Crippen LogP contribution < -0.4 is 9.64 Å². The van der Waals surface area contributed by atoms with E-state index >= 15 is 0 Å². The fraction of sp³-hybridized carbons (Fsp3) is 0.393. The highest BCUT2D eigenvalue weighted by atomic mass is 16.6. The van der Waals surface area contributed by atoms with E-state index in [0.29, 0.717) is 18.1 Å². The van der Waals surface area contributed by atoms with Gasteiger partial charge < -0.3 is 14.2 Å². The molecule has 7 nitrogen and oxygen atoms in total. The number of rotatable bonds is 8. The van der Waals surface area contributed by atoms with E-state index < -0.39 is 6.09 Å². The largest absolute Gasteiger partial charge is 0.457 e. The average Bonchev–Trinajstić information content (AvgIpc) is 3.20. The molecular formula is C28H33N3O4. The Kier molecular flexibility index (Phi) is 7.36. The fourth-order valence-corrected chi connectivity index (χ4v) is 4.20. The number of benzene rings is 2. The van der Waals surface area contributed by atoms with Crippen LogP contribution in [0.25, 0.3) is 0 Å². The standard InChI is InChI=1S/C28H33N3O4/c1-19(21-10-9-13-23(17-21)34-22-11-7-6-8-12-22)16-25-29-15-14-26(30-25)31-24(18-33-27(31)32)20(2)35-28(3,4)5/h6-15,17,19-20,24H,16,18H2,1-5H3/t19-,20-,24-/m1/s1. The van der Waals surface area contributed by atoms with Gasteiger partial charge in [0, 0.05) is 12.6 Å². The molecule has 0 aliphatic carbocycles. The molecule has 1 amide bonds. The summed E-state index contributed by atoms with van der Waals surface area (Å²) in [5.41, 5.74) is 0.792. The highest BCUT2D eigenvalue weighted by Crippen LogP contribution is 2.29. The van der Waals surface area contributed by atoms with Crippen LogP contribution in [-0.2, 0) is 15.9 Å². The second kappa shape index (κ2) is 10.4. The van der Waals surface area contributed by atoms with Crippen molar-refractivity contribution in [3.05, 3.63) is 78.2 Å². The zero-order valence-electron chi connectivity index (χ0n) is 21.0. The summed E-state index contributed by atoms with van der Waals surface area (Å²) >= 11 is 0. The molecule has 35 heavy (non-hydrogen) atoms. The molecule has 3 aromatic rings. The molecule has 1 aromatic heterocycles. The molecule has 2 aromatic carbocycles. The molecule has 0 saturated carbocycles. The third kappa shape index (κ3) is 6.36. The zero-order chi connectivity index (χ0) is 25.0. The lowest BCUT2D eigenvalue weighted by molar-refractivity contribution is -0.0618. The molecule has 1 saturated heterocycles. The van der Waals surface area contributed by atoms with Crippen LogP contribution in [0.5, 0.6) is 11.5 Å². The van der Waals surface area contributed by atoms with Crippen molar-refractivity contribution in [2.45, 2.75) is 64.7 Å². The summed E-state index contributed by atoms with van der Waals surface area (Å²) in [5, 5.41) is 0. The van der Waals surface area contributed by atoms with Gasteiger partial charge in [-0.3, -0.25) is 4.90 Å². The molecule has 1 fully saturated rings. The van der Waals surface area contributed by atoms with E-state index in [-0.39, 0.29) is 30.3 Å². The van der Waals surface area contributed by atoms with Crippen molar-refractivity contribution in [3.63, 3.8) is 0 Å². The van der Waals surface area contributed by atoms with Crippen LogP contribution >= 0.6 is 0 Å². The van der Waals surface area contributed by atoms with Crippen molar-refractivity contribution in [2.75, 3.05) is 11.5 Å². The summed E-state index contributed by atoms with van der Waals surface area (Å²) in [4.78, 5) is 23.3. The second-order valence-electron chi connectivity index (χ2n) is 9.87. The number of nitrogens with zero attached hydrogens (tertiary/aromatic N) is 3. The zero-order valence-corrected chi connectivity index (χ0v) is 21.0. The predicted molar refractivity (Wildman–Crippen MR) is 135 cm³/mol. The van der Waals surface area contributed by atoms with Crippen molar-refractivity contribution < 1.29 is 19.0 Å². The topological polar surface area (TPSA) is 73.8 Å². The van der Waals surface area contributed by atoms with E-state index in [1.165, 1.54) is 0 Å². The number of anilines is 1. The molecule has 4 rings (SSSR count). The van der Waals surface area contributed by atoms with Gasteiger partial charge in [0.25, 0.3) is 0 Å². The number of carbonyl (C=O) groups is 1. The van der Waals surface area contributed by atoms with Crippen LogP contribution in [0.15, 0.2) is 66.9 Å². The monoisotopic (exact) mass is 475 g/mol. The summed E-state index contributed by atoms with van der Waals surface area (Å²) in [6.07, 6.45) is 1.68. The molecule has 0 N–H and O–H groups in total. The maximum atomic E-state index is 12.6. The third-order valence-corrected chi connectivity index (χ3v) is 5.82. The predicted octanol–water partition coefficient (Wildman–Crippen LogP) is 6.14. The molecule has 0 unspecified atom stereocenters. The minimum Gasteiger partial charge on any atom is -0.457 e. The van der Waals surface area contributed by atoms with Crippen molar-refractivity contribution >= 4 is 11.9 Å². The van der Waals surface area contributed by atoms with E-state index in [4.69, 9.17) is 19.2 Å². The number of carbonyl (C=O) groups excluding carboxylic acids is 1. The summed E-state index contributed by atoms with van der Waals surface area (Å²) in [7, 11) is 0. The normalized spacial score (nSPS) is 17.7. The maximum absolute atomic E-state index is 12.6. The average molecular weight is 476 g/mol. The number of hydrogen-bond acceptors (Lipinski definition) is 6. The van der Waals surface area contributed by atoms with Gasteiger partial charge in [-0.1, -0.05) is 37.3 Å². The molecule has 0 radical (unpaired) electrons. The minimum absolute atomic E-state index is 0.147. The van der Waals surface area contributed by atoms with Crippen LogP contribution in [0.4, 0.5) is 10.6 Å². The Bertz CT molecular complexity index is 1150. The summed E-state index contributed by atoms with van der Waals surface area (Å²) in [6, 6.07) is 19.3. The summed E-state index contributed by atoms with van der Waals surface area (Å²) in [5.74, 6) is 2.91. The van der Waals surface area contributed by atoms with E-state index in [1.807, 2.05) is 76.2 Å². The molecule has 1 aliphatic heterocycles. The lowest BCUT2D eigenvalue weighted by Crippen LogP contribution is -2.45. The minimum atomic E-state index is -0.414. The molecule has 0 bridgehead atoms. The van der Waals surface area contributed by atoms with Crippen molar-refractivity contribution in [1.82, 2.24) is 9.97 Å². The van der Waals surface area contributed by atoms with Crippen LogP contribution in [0.1, 0.15) is 51.9 Å². The quantitative estimate of drug-likeness (QED) is 0.389. The Balaban J connectivity index is 1.48. The highest BCUT2D eigenvalue weighted by molar-refractivity contribution is 5.89. The number of cyclic esters (lactones) is 1. The third-order valence-electron chi connectivity index (χ3n) is 5.82. The molecule has 0 spiro atoms. The van der Waals surface area contributed by atoms with Gasteiger partial charge in [-0.15, -0.1) is 0 Å². The van der Waals surface area contributed by atoms with E-state index in [0.717, 1.165) is 17.1 Å². The molecule has 3 atom stereocenters. The number of amides is 1. The highest BCUT2D eigenvalue weighted by Gasteiger charge is 2.40. The summed E-state index contributed by atoms with van der Waals surface area (Å²) in [6.45, 7) is 10.3. The van der Waals surface area contributed by atoms with Crippen LogP contribution in [0, 0.1) is 0 Å². The summed E-state index contributed by atoms with van der Waals surface area (Å²) < 4.78 is 17.4. The van der Waals surface area contributed by atoms with Gasteiger partial charge in [-0.25, -0.2) is 14.8 Å². The van der Waals surface area contributed by atoms with Crippen LogP contribution in [0.3, 0.4) is 0 Å². The molecule has 7 heteroatoms. The Morgan fingerprint density at radius 2 is 1.80 bits per heavy atom. The molecule has 184 valence electrons. The lowest BCUT2D eigenvalue weighted by atomic mass is 9.97. The number of para-hydroxylation sites is 1. The lowest BCUT2D eigenvalue weighted by Gasteiger charge is -2.31. The first-order valence-electron chi connectivity index (χ1n) is 12.0. The van der Waals surface area contributed by atoms with E-state index in [2.05, 4.69) is 18.0 Å². The Hall–Kier alpha value is -3.45. The van der Waals surface area contributed by atoms with Gasteiger partial charge in [-0.2, -0.15) is 0 Å². The fourth-order valence-electron chi connectivity index (χ4n) is 4.20. The van der Waals surface area contributed by atoms with Gasteiger partial charge in [0.15, 0.2) is 0 Å². The van der Waals surface area contributed by atoms with Crippen molar-refractivity contribution in [3.8, 4) is 11.5 Å². The van der Waals surface area contributed by atoms with Crippen molar-refractivity contribution in [2.24, 2.45) is 0 Å². The smallest absolute Gasteiger partial charge is 0.416 e.